The zero-order valence-corrected chi connectivity index (χ0v) is 14.2. The van der Waals surface area contributed by atoms with Crippen LogP contribution in [-0.4, -0.2) is 32.5 Å². The van der Waals surface area contributed by atoms with Gasteiger partial charge in [0.1, 0.15) is 5.76 Å². The van der Waals surface area contributed by atoms with Crippen molar-refractivity contribution < 1.29 is 12.8 Å². The van der Waals surface area contributed by atoms with Gasteiger partial charge in [0.15, 0.2) is 0 Å². The third kappa shape index (κ3) is 6.30. The first-order valence-corrected chi connectivity index (χ1v) is 9.45. The van der Waals surface area contributed by atoms with E-state index >= 15 is 0 Å². The van der Waals surface area contributed by atoms with Crippen molar-refractivity contribution in [2.45, 2.75) is 44.4 Å². The minimum Gasteiger partial charge on any atom is -0.447 e. The van der Waals surface area contributed by atoms with Gasteiger partial charge in [0.05, 0.1) is 6.54 Å². The average Bonchev–Trinajstić information content (AvgIpc) is 2.81. The van der Waals surface area contributed by atoms with E-state index < -0.39 is 10.0 Å². The minimum atomic E-state index is -3.53. The molecule has 0 aliphatic rings. The van der Waals surface area contributed by atoms with Gasteiger partial charge >= 0.3 is 0 Å². The Hall–Kier alpha value is -0.500. The van der Waals surface area contributed by atoms with Gasteiger partial charge in [-0.15, -0.1) is 0 Å². The minimum absolute atomic E-state index is 0.0210. The van der Waals surface area contributed by atoms with Crippen molar-refractivity contribution in [1.82, 2.24) is 10.0 Å². The molecule has 0 aliphatic heterocycles. The van der Waals surface area contributed by atoms with Gasteiger partial charge in [-0.3, -0.25) is 0 Å². The van der Waals surface area contributed by atoms with Gasteiger partial charge in [0, 0.05) is 12.1 Å². The Morgan fingerprint density at radius 2 is 2.00 bits per heavy atom. The van der Waals surface area contributed by atoms with E-state index in [1.54, 1.807) is 17.8 Å². The highest BCUT2D eigenvalue weighted by Crippen LogP contribution is 2.14. The highest BCUT2D eigenvalue weighted by molar-refractivity contribution is 7.98. The molecule has 2 N–H and O–H groups in total. The maximum atomic E-state index is 12.0. The number of thioether (sulfide) groups is 1. The fourth-order valence-corrected chi connectivity index (χ4v) is 2.90. The van der Waals surface area contributed by atoms with Crippen LogP contribution < -0.4 is 10.0 Å². The first-order valence-electron chi connectivity index (χ1n) is 6.57. The Labute approximate surface area is 125 Å². The van der Waals surface area contributed by atoms with Gasteiger partial charge in [-0.05, 0) is 51.3 Å². The van der Waals surface area contributed by atoms with Crippen LogP contribution in [0.4, 0.5) is 0 Å². The van der Waals surface area contributed by atoms with Crippen LogP contribution in [0.1, 0.15) is 33.0 Å². The number of hydrogen-bond donors (Lipinski definition) is 2. The van der Waals surface area contributed by atoms with Crippen molar-refractivity contribution in [2.75, 3.05) is 18.6 Å². The van der Waals surface area contributed by atoms with Crippen LogP contribution in [0.25, 0.3) is 0 Å². The zero-order valence-electron chi connectivity index (χ0n) is 12.5. The van der Waals surface area contributed by atoms with E-state index in [0.717, 1.165) is 12.2 Å². The van der Waals surface area contributed by atoms with E-state index in [2.05, 4.69) is 10.0 Å². The molecule has 0 bridgehead atoms. The lowest BCUT2D eigenvalue weighted by atomic mass is 10.1. The van der Waals surface area contributed by atoms with Gasteiger partial charge in [-0.1, -0.05) is 0 Å². The van der Waals surface area contributed by atoms with Crippen LogP contribution in [0, 0.1) is 0 Å². The molecule has 0 radical (unpaired) electrons. The summed E-state index contributed by atoms with van der Waals surface area (Å²) in [5.74, 6) is 1.55. The Kier molecular flexibility index (Phi) is 6.57. The van der Waals surface area contributed by atoms with E-state index in [1.807, 2.05) is 27.0 Å². The van der Waals surface area contributed by atoms with Crippen LogP contribution in [0.3, 0.4) is 0 Å². The maximum absolute atomic E-state index is 12.0. The summed E-state index contributed by atoms with van der Waals surface area (Å²) in [5, 5.41) is 3.23. The summed E-state index contributed by atoms with van der Waals surface area (Å²) in [6.07, 6.45) is 2.80. The van der Waals surface area contributed by atoms with Crippen LogP contribution >= 0.6 is 11.8 Å². The maximum Gasteiger partial charge on any atom is 0.273 e. The summed E-state index contributed by atoms with van der Waals surface area (Å²) in [5.41, 5.74) is -0.0398. The summed E-state index contributed by atoms with van der Waals surface area (Å²) >= 11 is 1.69. The Morgan fingerprint density at radius 3 is 2.60 bits per heavy atom. The van der Waals surface area contributed by atoms with E-state index in [-0.39, 0.29) is 10.6 Å². The molecule has 0 unspecified atom stereocenters. The van der Waals surface area contributed by atoms with Crippen LogP contribution in [0.15, 0.2) is 21.6 Å². The molecule has 0 aromatic carbocycles. The highest BCUT2D eigenvalue weighted by atomic mass is 32.2. The summed E-state index contributed by atoms with van der Waals surface area (Å²) in [6, 6.07) is 3.19. The van der Waals surface area contributed by atoms with Gasteiger partial charge in [-0.2, -0.15) is 11.8 Å². The van der Waals surface area contributed by atoms with Gasteiger partial charge in [0.25, 0.3) is 10.0 Å². The van der Waals surface area contributed by atoms with Gasteiger partial charge < -0.3 is 9.73 Å². The van der Waals surface area contributed by atoms with Crippen LogP contribution in [-0.2, 0) is 16.6 Å². The van der Waals surface area contributed by atoms with Gasteiger partial charge in [-0.25, -0.2) is 13.1 Å². The van der Waals surface area contributed by atoms with Crippen molar-refractivity contribution >= 4 is 21.8 Å². The lowest BCUT2D eigenvalue weighted by Gasteiger charge is -2.19. The Bertz CT molecular complexity index is 504. The van der Waals surface area contributed by atoms with E-state index in [9.17, 15) is 8.42 Å². The molecule has 0 spiro atoms. The fraction of sp³-hybridized carbons (Fsp3) is 0.692. The molecule has 0 amide bonds. The number of hydrogen-bond acceptors (Lipinski definition) is 5. The molecule has 0 saturated carbocycles. The second-order valence-electron chi connectivity index (χ2n) is 5.57. The molecular weight excluding hydrogens is 296 g/mol. The van der Waals surface area contributed by atoms with Crippen molar-refractivity contribution in [3.8, 4) is 0 Å². The predicted octanol–water partition coefficient (Wildman–Crippen LogP) is 2.20. The molecule has 5 nitrogen and oxygen atoms in total. The largest absolute Gasteiger partial charge is 0.447 e. The molecule has 0 saturated heterocycles. The Balaban J connectivity index is 2.56. The highest BCUT2D eigenvalue weighted by Gasteiger charge is 2.18. The molecule has 1 rings (SSSR count). The second-order valence-corrected chi connectivity index (χ2v) is 8.25. The standard InChI is InChI=1S/C13H24N2O3S2/c1-13(2,3)14-10-11-6-7-12(18-11)20(16,17)15-8-5-9-19-4/h6-7,14-15H,5,8-10H2,1-4H3. The van der Waals surface area contributed by atoms with Crippen LogP contribution in [0.2, 0.25) is 0 Å². The summed E-state index contributed by atoms with van der Waals surface area (Å²) in [7, 11) is -3.53. The van der Waals surface area contributed by atoms with E-state index in [0.29, 0.717) is 18.8 Å². The topological polar surface area (TPSA) is 71.3 Å². The molecule has 1 aromatic heterocycles. The van der Waals surface area contributed by atoms with Crippen molar-refractivity contribution in [2.24, 2.45) is 0 Å². The predicted molar refractivity (Wildman–Crippen MR) is 83.5 cm³/mol. The van der Waals surface area contributed by atoms with Gasteiger partial charge in [0.2, 0.25) is 5.09 Å². The smallest absolute Gasteiger partial charge is 0.273 e. The first kappa shape index (κ1) is 17.6. The number of nitrogens with one attached hydrogen (secondary N) is 2. The second kappa shape index (κ2) is 7.49. The number of sulfonamides is 1. The quantitative estimate of drug-likeness (QED) is 0.719. The molecule has 0 fully saturated rings. The monoisotopic (exact) mass is 320 g/mol. The molecule has 116 valence electrons. The van der Waals surface area contributed by atoms with E-state index in [4.69, 9.17) is 4.42 Å². The molecule has 20 heavy (non-hydrogen) atoms. The van der Waals surface area contributed by atoms with Crippen molar-refractivity contribution in [1.29, 1.82) is 0 Å². The molecule has 1 aromatic rings. The lowest BCUT2D eigenvalue weighted by Crippen LogP contribution is -2.34. The molecule has 0 aliphatic carbocycles. The average molecular weight is 320 g/mol. The van der Waals surface area contributed by atoms with Crippen molar-refractivity contribution in [3.63, 3.8) is 0 Å². The summed E-state index contributed by atoms with van der Waals surface area (Å²) < 4.78 is 31.9. The molecule has 1 heterocycles. The zero-order chi connectivity index (χ0) is 15.2. The number of furan rings is 1. The SMILES string of the molecule is CSCCCNS(=O)(=O)c1ccc(CNC(C)(C)C)o1. The summed E-state index contributed by atoms with van der Waals surface area (Å²) in [6.45, 7) is 7.06. The normalized spacial score (nSPS) is 12.8. The first-order chi connectivity index (χ1) is 9.24. The fourth-order valence-electron chi connectivity index (χ4n) is 1.44. The third-order valence-electron chi connectivity index (χ3n) is 2.51. The van der Waals surface area contributed by atoms with E-state index in [1.165, 1.54) is 6.07 Å². The number of rotatable bonds is 8. The van der Waals surface area contributed by atoms with Crippen LogP contribution in [0.5, 0.6) is 0 Å². The lowest BCUT2D eigenvalue weighted by molar-refractivity contribution is 0.359. The molecular formula is C13H24N2O3S2. The Morgan fingerprint density at radius 1 is 1.30 bits per heavy atom. The van der Waals surface area contributed by atoms with Crippen molar-refractivity contribution in [3.05, 3.63) is 17.9 Å². The molecule has 0 atom stereocenters. The third-order valence-corrected chi connectivity index (χ3v) is 4.54. The molecule has 7 heteroatoms. The summed E-state index contributed by atoms with van der Waals surface area (Å²) in [4.78, 5) is 0.